The molecule has 2 amide bonds. The smallest absolute Gasteiger partial charge is 0.238 e. The summed E-state index contributed by atoms with van der Waals surface area (Å²) in [7, 11) is 0. The van der Waals surface area contributed by atoms with Crippen molar-refractivity contribution in [1.82, 2.24) is 9.80 Å². The number of carbonyl (C=O) groups is 2. The van der Waals surface area contributed by atoms with Gasteiger partial charge in [0.05, 0.1) is 6.54 Å². The molecule has 1 heterocycles. The fourth-order valence-corrected chi connectivity index (χ4v) is 2.48. The Balaban J connectivity index is 1.83. The van der Waals surface area contributed by atoms with Gasteiger partial charge in [0, 0.05) is 36.3 Å². The van der Waals surface area contributed by atoms with E-state index >= 15 is 0 Å². The highest BCUT2D eigenvalue weighted by Crippen LogP contribution is 2.20. The van der Waals surface area contributed by atoms with E-state index in [1.165, 1.54) is 0 Å². The van der Waals surface area contributed by atoms with Crippen LogP contribution in [0.25, 0.3) is 0 Å². The Morgan fingerprint density at radius 1 is 1.35 bits per heavy atom. The second-order valence-electron chi connectivity index (χ2n) is 4.93. The van der Waals surface area contributed by atoms with Crippen LogP contribution in [0.15, 0.2) is 22.7 Å². The zero-order chi connectivity index (χ0) is 14.5. The Hall–Kier alpha value is -1.40. The molecule has 1 aromatic carbocycles. The minimum Gasteiger partial charge on any atom is -0.343 e. The van der Waals surface area contributed by atoms with Crippen LogP contribution in [0.2, 0.25) is 0 Å². The van der Waals surface area contributed by atoms with Crippen molar-refractivity contribution in [1.29, 1.82) is 0 Å². The third-order valence-electron chi connectivity index (χ3n) is 3.38. The van der Waals surface area contributed by atoms with E-state index in [0.29, 0.717) is 19.6 Å². The number of amides is 2. The van der Waals surface area contributed by atoms with Gasteiger partial charge in [-0.3, -0.25) is 14.5 Å². The van der Waals surface area contributed by atoms with Crippen LogP contribution in [0, 0.1) is 6.92 Å². The van der Waals surface area contributed by atoms with Crippen LogP contribution >= 0.6 is 15.9 Å². The molecule has 0 unspecified atom stereocenters. The van der Waals surface area contributed by atoms with Crippen LogP contribution in [0.5, 0.6) is 0 Å². The van der Waals surface area contributed by atoms with Gasteiger partial charge < -0.3 is 10.2 Å². The van der Waals surface area contributed by atoms with Crippen molar-refractivity contribution in [3.05, 3.63) is 28.2 Å². The number of benzene rings is 1. The Bertz CT molecular complexity index is 499. The second-order valence-corrected chi connectivity index (χ2v) is 5.78. The lowest BCUT2D eigenvalue weighted by Crippen LogP contribution is -2.48. The molecule has 0 aromatic heterocycles. The van der Waals surface area contributed by atoms with Gasteiger partial charge in [0.15, 0.2) is 0 Å². The Morgan fingerprint density at radius 2 is 2.05 bits per heavy atom. The van der Waals surface area contributed by atoms with Crippen molar-refractivity contribution in [2.45, 2.75) is 6.92 Å². The molecule has 0 spiro atoms. The molecule has 1 saturated heterocycles. The van der Waals surface area contributed by atoms with Gasteiger partial charge in [-0.2, -0.15) is 0 Å². The van der Waals surface area contributed by atoms with E-state index in [0.717, 1.165) is 35.2 Å². The van der Waals surface area contributed by atoms with Crippen LogP contribution < -0.4 is 5.32 Å². The van der Waals surface area contributed by atoms with E-state index in [9.17, 15) is 9.59 Å². The largest absolute Gasteiger partial charge is 0.343 e. The molecule has 0 radical (unpaired) electrons. The second kappa shape index (κ2) is 6.85. The van der Waals surface area contributed by atoms with Gasteiger partial charge in [-0.15, -0.1) is 0 Å². The maximum absolute atomic E-state index is 12.0. The summed E-state index contributed by atoms with van der Waals surface area (Å²) in [5, 5.41) is 2.89. The average molecular weight is 340 g/mol. The zero-order valence-electron chi connectivity index (χ0n) is 11.4. The lowest BCUT2D eigenvalue weighted by Gasteiger charge is -2.31. The fraction of sp³-hybridized carbons (Fsp3) is 0.429. The predicted octanol–water partition coefficient (Wildman–Crippen LogP) is 1.47. The van der Waals surface area contributed by atoms with Crippen molar-refractivity contribution in [2.75, 3.05) is 38.0 Å². The highest BCUT2D eigenvalue weighted by Gasteiger charge is 2.17. The van der Waals surface area contributed by atoms with E-state index in [2.05, 4.69) is 26.1 Å². The minimum atomic E-state index is -0.0275. The van der Waals surface area contributed by atoms with E-state index < -0.39 is 0 Å². The summed E-state index contributed by atoms with van der Waals surface area (Å²) < 4.78 is 0.981. The summed E-state index contributed by atoms with van der Waals surface area (Å²) in [5.74, 6) is -0.0275. The number of anilines is 1. The van der Waals surface area contributed by atoms with E-state index in [-0.39, 0.29) is 5.91 Å². The summed E-state index contributed by atoms with van der Waals surface area (Å²) in [5.41, 5.74) is 1.92. The molecule has 6 heteroatoms. The van der Waals surface area contributed by atoms with Gasteiger partial charge in [-0.1, -0.05) is 22.0 Å². The van der Waals surface area contributed by atoms with Crippen LogP contribution in [-0.4, -0.2) is 54.8 Å². The van der Waals surface area contributed by atoms with Crippen molar-refractivity contribution >= 4 is 33.9 Å². The number of hydrogen-bond acceptors (Lipinski definition) is 3. The zero-order valence-corrected chi connectivity index (χ0v) is 13.0. The third-order valence-corrected chi connectivity index (χ3v) is 4.23. The number of rotatable bonds is 4. The number of aryl methyl sites for hydroxylation is 1. The Morgan fingerprint density at radius 3 is 2.65 bits per heavy atom. The topological polar surface area (TPSA) is 52.7 Å². The van der Waals surface area contributed by atoms with Gasteiger partial charge in [-0.25, -0.2) is 0 Å². The van der Waals surface area contributed by atoms with Gasteiger partial charge in [0.25, 0.3) is 0 Å². The van der Waals surface area contributed by atoms with Gasteiger partial charge in [-0.05, 0) is 24.6 Å². The van der Waals surface area contributed by atoms with Crippen molar-refractivity contribution in [2.24, 2.45) is 0 Å². The van der Waals surface area contributed by atoms with Crippen molar-refractivity contribution in [3.63, 3.8) is 0 Å². The molecule has 1 fully saturated rings. The first-order valence-electron chi connectivity index (χ1n) is 6.56. The van der Waals surface area contributed by atoms with Crippen LogP contribution in [0.3, 0.4) is 0 Å². The highest BCUT2D eigenvalue weighted by molar-refractivity contribution is 9.10. The normalized spacial score (nSPS) is 16.0. The van der Waals surface area contributed by atoms with E-state index in [1.807, 2.05) is 25.1 Å². The molecule has 0 aliphatic carbocycles. The predicted molar refractivity (Wildman–Crippen MR) is 81.6 cm³/mol. The van der Waals surface area contributed by atoms with Crippen molar-refractivity contribution < 1.29 is 9.59 Å². The van der Waals surface area contributed by atoms with Gasteiger partial charge in [0.1, 0.15) is 0 Å². The summed E-state index contributed by atoms with van der Waals surface area (Å²) in [6.07, 6.45) is 0.862. The van der Waals surface area contributed by atoms with Crippen LogP contribution in [0.1, 0.15) is 5.56 Å². The van der Waals surface area contributed by atoms with Crippen LogP contribution in [-0.2, 0) is 9.59 Å². The molecule has 0 atom stereocenters. The molecular formula is C14H18BrN3O2. The molecule has 1 N–H and O–H groups in total. The number of nitrogens with zero attached hydrogens (tertiary/aromatic N) is 2. The lowest BCUT2D eigenvalue weighted by atomic mass is 10.2. The quantitative estimate of drug-likeness (QED) is 0.845. The molecule has 1 aromatic rings. The molecule has 0 bridgehead atoms. The fourth-order valence-electron chi connectivity index (χ4n) is 2.10. The lowest BCUT2D eigenvalue weighted by molar-refractivity contribution is -0.120. The number of nitrogens with one attached hydrogen (secondary N) is 1. The van der Waals surface area contributed by atoms with Crippen molar-refractivity contribution in [3.8, 4) is 0 Å². The maximum atomic E-state index is 12.0. The molecule has 108 valence electrons. The Labute approximate surface area is 127 Å². The molecule has 1 aliphatic rings. The van der Waals surface area contributed by atoms with Gasteiger partial charge >= 0.3 is 0 Å². The first-order chi connectivity index (χ1) is 9.58. The number of hydrogen-bond donors (Lipinski definition) is 1. The average Bonchev–Trinajstić information content (AvgIpc) is 2.44. The van der Waals surface area contributed by atoms with Crippen LogP contribution in [0.4, 0.5) is 5.69 Å². The first-order valence-corrected chi connectivity index (χ1v) is 7.35. The first kappa shape index (κ1) is 15.0. The molecule has 0 saturated carbocycles. The molecule has 1 aliphatic heterocycles. The number of piperazine rings is 1. The summed E-state index contributed by atoms with van der Waals surface area (Å²) in [4.78, 5) is 26.4. The van der Waals surface area contributed by atoms with Gasteiger partial charge in [0.2, 0.25) is 12.3 Å². The molecular weight excluding hydrogens is 322 g/mol. The third kappa shape index (κ3) is 4.05. The molecule has 5 nitrogen and oxygen atoms in total. The monoisotopic (exact) mass is 339 g/mol. The van der Waals surface area contributed by atoms with E-state index in [1.54, 1.807) is 4.90 Å². The molecule has 2 rings (SSSR count). The maximum Gasteiger partial charge on any atom is 0.238 e. The SMILES string of the molecule is Cc1ccc(NC(=O)CN2CCN(C=O)CC2)cc1Br. The highest BCUT2D eigenvalue weighted by atomic mass is 79.9. The number of halogens is 1. The standard InChI is InChI=1S/C14H18BrN3O2/c1-11-2-3-12(8-13(11)15)16-14(20)9-17-4-6-18(10-19)7-5-17/h2-3,8,10H,4-7,9H2,1H3,(H,16,20). The summed E-state index contributed by atoms with van der Waals surface area (Å²) in [6.45, 7) is 5.22. The molecule has 20 heavy (non-hydrogen) atoms. The summed E-state index contributed by atoms with van der Waals surface area (Å²) >= 11 is 3.45. The Kier molecular flexibility index (Phi) is 5.14. The number of carbonyl (C=O) groups excluding carboxylic acids is 2. The summed E-state index contributed by atoms with van der Waals surface area (Å²) in [6, 6.07) is 5.75. The van der Waals surface area contributed by atoms with E-state index in [4.69, 9.17) is 0 Å². The minimum absolute atomic E-state index is 0.0275.